The third-order valence-corrected chi connectivity index (χ3v) is 4.34. The number of hydrogen-bond donors (Lipinski definition) is 4. The third kappa shape index (κ3) is 6.54. The SMILES string of the molecule is Cc1cc(N[C@H](CCCCNCc2ccc(F)c(F)c2)C(=O)NO)ccc1F. The van der Waals surface area contributed by atoms with E-state index in [9.17, 15) is 18.0 Å². The van der Waals surface area contributed by atoms with Crippen molar-refractivity contribution in [1.82, 2.24) is 10.8 Å². The maximum Gasteiger partial charge on any atom is 0.265 e. The molecule has 4 N–H and O–H groups in total. The minimum Gasteiger partial charge on any atom is -0.374 e. The van der Waals surface area contributed by atoms with Crippen LogP contribution in [0.25, 0.3) is 0 Å². The summed E-state index contributed by atoms with van der Waals surface area (Å²) in [5, 5.41) is 15.0. The van der Waals surface area contributed by atoms with Crippen molar-refractivity contribution in [2.45, 2.75) is 38.8 Å². The van der Waals surface area contributed by atoms with Gasteiger partial charge < -0.3 is 10.6 Å². The highest BCUT2D eigenvalue weighted by atomic mass is 19.2. The van der Waals surface area contributed by atoms with Gasteiger partial charge in [-0.25, -0.2) is 18.7 Å². The van der Waals surface area contributed by atoms with Gasteiger partial charge in [0.1, 0.15) is 11.9 Å². The summed E-state index contributed by atoms with van der Waals surface area (Å²) in [5.74, 6) is -2.65. The summed E-state index contributed by atoms with van der Waals surface area (Å²) in [6.07, 6.45) is 1.87. The second-order valence-corrected chi connectivity index (χ2v) is 6.56. The van der Waals surface area contributed by atoms with Crippen molar-refractivity contribution >= 4 is 11.6 Å². The van der Waals surface area contributed by atoms with Crippen molar-refractivity contribution in [3.63, 3.8) is 0 Å². The first-order valence-corrected chi connectivity index (χ1v) is 9.02. The molecule has 0 heterocycles. The van der Waals surface area contributed by atoms with Crippen molar-refractivity contribution in [2.24, 2.45) is 0 Å². The lowest BCUT2D eigenvalue weighted by Gasteiger charge is -2.18. The monoisotopic (exact) mass is 395 g/mol. The molecule has 1 amide bonds. The van der Waals surface area contributed by atoms with E-state index in [0.717, 1.165) is 18.6 Å². The molecule has 0 spiro atoms. The van der Waals surface area contributed by atoms with E-state index in [2.05, 4.69) is 10.6 Å². The number of anilines is 1. The van der Waals surface area contributed by atoms with Gasteiger partial charge in [-0.1, -0.05) is 6.07 Å². The van der Waals surface area contributed by atoms with Gasteiger partial charge in [0.25, 0.3) is 5.91 Å². The Balaban J connectivity index is 1.76. The first-order chi connectivity index (χ1) is 13.4. The summed E-state index contributed by atoms with van der Waals surface area (Å²) in [5.41, 5.74) is 3.32. The summed E-state index contributed by atoms with van der Waals surface area (Å²) in [6.45, 7) is 2.66. The molecule has 2 aromatic rings. The van der Waals surface area contributed by atoms with Crippen molar-refractivity contribution in [2.75, 3.05) is 11.9 Å². The first kappa shape index (κ1) is 21.7. The molecule has 5 nitrogen and oxygen atoms in total. The van der Waals surface area contributed by atoms with Crippen LogP contribution in [0, 0.1) is 24.4 Å². The predicted octanol–water partition coefficient (Wildman–Crippen LogP) is 3.66. The van der Waals surface area contributed by atoms with Crippen LogP contribution in [-0.4, -0.2) is 23.7 Å². The van der Waals surface area contributed by atoms with Crippen LogP contribution in [0.4, 0.5) is 18.9 Å². The Labute approximate surface area is 161 Å². The summed E-state index contributed by atoms with van der Waals surface area (Å²) >= 11 is 0. The van der Waals surface area contributed by atoms with E-state index in [-0.39, 0.29) is 5.82 Å². The highest BCUT2D eigenvalue weighted by Gasteiger charge is 2.17. The molecule has 0 bridgehead atoms. The number of hydrogen-bond acceptors (Lipinski definition) is 4. The zero-order chi connectivity index (χ0) is 20.5. The maximum absolute atomic E-state index is 13.4. The largest absolute Gasteiger partial charge is 0.374 e. The van der Waals surface area contributed by atoms with Crippen LogP contribution in [0.5, 0.6) is 0 Å². The van der Waals surface area contributed by atoms with Crippen LogP contribution in [0.15, 0.2) is 36.4 Å². The Morgan fingerprint density at radius 3 is 2.46 bits per heavy atom. The topological polar surface area (TPSA) is 73.4 Å². The van der Waals surface area contributed by atoms with E-state index in [1.807, 2.05) is 0 Å². The summed E-state index contributed by atoms with van der Waals surface area (Å²) < 4.78 is 39.4. The van der Waals surface area contributed by atoms with Crippen molar-refractivity contribution < 1.29 is 23.2 Å². The van der Waals surface area contributed by atoms with Gasteiger partial charge in [-0.3, -0.25) is 10.0 Å². The molecule has 0 saturated heterocycles. The summed E-state index contributed by atoms with van der Waals surface area (Å²) in [6, 6.07) is 7.53. The standard InChI is InChI=1S/C20H24F3N3O2/c1-13-10-15(6-8-16(13)21)25-19(20(27)26-28)4-2-3-9-24-12-14-5-7-17(22)18(23)11-14/h5-8,10-11,19,24-25,28H,2-4,9,12H2,1H3,(H,26,27)/t19-/m1/s1. The summed E-state index contributed by atoms with van der Waals surface area (Å²) in [7, 11) is 0. The van der Waals surface area contributed by atoms with Gasteiger partial charge in [-0.2, -0.15) is 0 Å². The number of benzene rings is 2. The Kier molecular flexibility index (Phi) is 8.28. The molecule has 0 radical (unpaired) electrons. The molecule has 152 valence electrons. The average molecular weight is 395 g/mol. The number of carbonyl (C=O) groups is 1. The van der Waals surface area contributed by atoms with Crippen LogP contribution >= 0.6 is 0 Å². The normalized spacial score (nSPS) is 11.9. The molecule has 1 atom stereocenters. The Morgan fingerprint density at radius 2 is 1.79 bits per heavy atom. The Morgan fingerprint density at radius 1 is 1.04 bits per heavy atom. The van der Waals surface area contributed by atoms with Gasteiger partial charge in [0.15, 0.2) is 11.6 Å². The molecule has 2 rings (SSSR count). The fourth-order valence-corrected chi connectivity index (χ4v) is 2.76. The van der Waals surface area contributed by atoms with E-state index in [1.165, 1.54) is 18.2 Å². The molecule has 2 aromatic carbocycles. The Bertz CT molecular complexity index is 802. The minimum absolute atomic E-state index is 0.333. The molecule has 0 aliphatic carbocycles. The smallest absolute Gasteiger partial charge is 0.265 e. The fraction of sp³-hybridized carbons (Fsp3) is 0.350. The lowest BCUT2D eigenvalue weighted by molar-refractivity contribution is -0.130. The number of aryl methyl sites for hydroxylation is 1. The zero-order valence-electron chi connectivity index (χ0n) is 15.6. The van der Waals surface area contributed by atoms with Crippen molar-refractivity contribution in [3.8, 4) is 0 Å². The van der Waals surface area contributed by atoms with E-state index >= 15 is 0 Å². The van der Waals surface area contributed by atoms with Crippen molar-refractivity contribution in [3.05, 3.63) is 65.0 Å². The van der Waals surface area contributed by atoms with Gasteiger partial charge in [0.05, 0.1) is 0 Å². The number of rotatable bonds is 10. The zero-order valence-corrected chi connectivity index (χ0v) is 15.6. The first-order valence-electron chi connectivity index (χ1n) is 9.02. The minimum atomic E-state index is -0.876. The number of unbranched alkanes of at least 4 members (excludes halogenated alkanes) is 1. The molecular formula is C20H24F3N3O2. The number of halogens is 3. The van der Waals surface area contributed by atoms with Gasteiger partial charge >= 0.3 is 0 Å². The molecule has 0 unspecified atom stereocenters. The van der Waals surface area contributed by atoms with Gasteiger partial charge in [-0.15, -0.1) is 0 Å². The quantitative estimate of drug-likeness (QED) is 0.281. The van der Waals surface area contributed by atoms with E-state index in [0.29, 0.717) is 42.7 Å². The van der Waals surface area contributed by atoms with Crippen LogP contribution < -0.4 is 16.1 Å². The third-order valence-electron chi connectivity index (χ3n) is 4.34. The highest BCUT2D eigenvalue weighted by Crippen LogP contribution is 2.16. The van der Waals surface area contributed by atoms with Gasteiger partial charge in [0, 0.05) is 12.2 Å². The van der Waals surface area contributed by atoms with Gasteiger partial charge in [0.2, 0.25) is 0 Å². The van der Waals surface area contributed by atoms with Crippen LogP contribution in [0.1, 0.15) is 30.4 Å². The Hall–Kier alpha value is -2.58. The number of hydroxylamine groups is 1. The van der Waals surface area contributed by atoms with E-state index < -0.39 is 23.6 Å². The van der Waals surface area contributed by atoms with Gasteiger partial charge in [-0.05, 0) is 74.2 Å². The lowest BCUT2D eigenvalue weighted by Crippen LogP contribution is -2.38. The van der Waals surface area contributed by atoms with E-state index in [1.54, 1.807) is 18.5 Å². The average Bonchev–Trinajstić information content (AvgIpc) is 2.68. The fourth-order valence-electron chi connectivity index (χ4n) is 2.76. The molecule has 0 saturated carbocycles. The van der Waals surface area contributed by atoms with Crippen molar-refractivity contribution in [1.29, 1.82) is 0 Å². The predicted molar refractivity (Wildman–Crippen MR) is 100 cm³/mol. The maximum atomic E-state index is 13.4. The molecule has 28 heavy (non-hydrogen) atoms. The molecule has 0 aliphatic heterocycles. The lowest BCUT2D eigenvalue weighted by atomic mass is 10.1. The summed E-state index contributed by atoms with van der Waals surface area (Å²) in [4.78, 5) is 11.9. The number of nitrogens with one attached hydrogen (secondary N) is 3. The van der Waals surface area contributed by atoms with Crippen LogP contribution in [0.2, 0.25) is 0 Å². The molecule has 8 heteroatoms. The highest BCUT2D eigenvalue weighted by molar-refractivity contribution is 5.83. The number of amides is 1. The van der Waals surface area contributed by atoms with E-state index in [4.69, 9.17) is 5.21 Å². The molecule has 0 fully saturated rings. The molecule has 0 aromatic heterocycles. The van der Waals surface area contributed by atoms with Crippen LogP contribution in [0.3, 0.4) is 0 Å². The van der Waals surface area contributed by atoms with Crippen LogP contribution in [-0.2, 0) is 11.3 Å². The second kappa shape index (κ2) is 10.7. The second-order valence-electron chi connectivity index (χ2n) is 6.56. The molecular weight excluding hydrogens is 371 g/mol. The molecule has 0 aliphatic rings. The number of carbonyl (C=O) groups excluding carboxylic acids is 1.